The molecule has 0 aromatic heterocycles. The molecule has 0 saturated carbocycles. The van der Waals surface area contributed by atoms with Crippen molar-refractivity contribution in [2.45, 2.75) is 19.4 Å². The molecule has 5 heteroatoms. The third-order valence-electron chi connectivity index (χ3n) is 6.29. The lowest BCUT2D eigenvalue weighted by molar-refractivity contribution is -0.121. The van der Waals surface area contributed by atoms with Crippen molar-refractivity contribution in [2.24, 2.45) is 0 Å². The predicted molar refractivity (Wildman–Crippen MR) is 138 cm³/mol. The maximum Gasteiger partial charge on any atom is 0.265 e. The van der Waals surface area contributed by atoms with Crippen molar-refractivity contribution in [1.82, 2.24) is 0 Å². The van der Waals surface area contributed by atoms with E-state index in [4.69, 9.17) is 4.74 Å². The molecule has 4 aromatic rings. The summed E-state index contributed by atoms with van der Waals surface area (Å²) in [6.45, 7) is 2.47. The third kappa shape index (κ3) is 4.80. The summed E-state index contributed by atoms with van der Waals surface area (Å²) in [4.78, 5) is 28.1. The van der Waals surface area contributed by atoms with E-state index in [9.17, 15) is 9.59 Å². The summed E-state index contributed by atoms with van der Waals surface area (Å²) in [6, 6.07) is 32.9. The Morgan fingerprint density at radius 3 is 2.17 bits per heavy atom. The first-order chi connectivity index (χ1) is 17.1. The Kier molecular flexibility index (Phi) is 6.31. The summed E-state index contributed by atoms with van der Waals surface area (Å²) in [5, 5.41) is 3.07. The van der Waals surface area contributed by atoms with Gasteiger partial charge < -0.3 is 15.0 Å². The molecular formula is C30H26N2O3. The molecule has 0 atom stereocenters. The first-order valence-electron chi connectivity index (χ1n) is 11.6. The summed E-state index contributed by atoms with van der Waals surface area (Å²) < 4.78 is 5.68. The smallest absolute Gasteiger partial charge is 0.265 e. The van der Waals surface area contributed by atoms with E-state index in [0.717, 1.165) is 22.3 Å². The standard InChI is InChI=1S/C30H26N2O3/c1-21-10-8-9-15-24(21)19-32-26-18-25(16-17-27(26)35-20-28(32)33)31-30(34)29(22-11-4-2-5-12-22)23-13-6-3-7-14-23/h2-18,29H,19-20H2,1H3,(H,31,34). The fourth-order valence-electron chi connectivity index (χ4n) is 4.41. The van der Waals surface area contributed by atoms with Gasteiger partial charge in [0, 0.05) is 5.69 Å². The predicted octanol–water partition coefficient (Wildman–Crippen LogP) is 5.69. The number of hydrogen-bond acceptors (Lipinski definition) is 3. The molecule has 0 saturated heterocycles. The zero-order chi connectivity index (χ0) is 24.2. The number of hydrogen-bond donors (Lipinski definition) is 1. The molecule has 0 radical (unpaired) electrons. The fraction of sp³-hybridized carbons (Fsp3) is 0.133. The van der Waals surface area contributed by atoms with Gasteiger partial charge in [-0.05, 0) is 47.4 Å². The molecule has 174 valence electrons. The number of nitrogens with one attached hydrogen (secondary N) is 1. The van der Waals surface area contributed by atoms with Crippen LogP contribution in [0.3, 0.4) is 0 Å². The third-order valence-corrected chi connectivity index (χ3v) is 6.29. The maximum absolute atomic E-state index is 13.5. The quantitative estimate of drug-likeness (QED) is 0.400. The van der Waals surface area contributed by atoms with E-state index < -0.39 is 5.92 Å². The van der Waals surface area contributed by atoms with Gasteiger partial charge in [-0.3, -0.25) is 9.59 Å². The van der Waals surface area contributed by atoms with Gasteiger partial charge in [0.25, 0.3) is 5.91 Å². The van der Waals surface area contributed by atoms with Crippen LogP contribution in [0.4, 0.5) is 11.4 Å². The van der Waals surface area contributed by atoms with Gasteiger partial charge in [0.15, 0.2) is 6.61 Å². The number of rotatable bonds is 6. The molecule has 1 N–H and O–H groups in total. The zero-order valence-electron chi connectivity index (χ0n) is 19.5. The lowest BCUT2D eigenvalue weighted by Crippen LogP contribution is -2.38. The highest BCUT2D eigenvalue weighted by Crippen LogP contribution is 2.36. The van der Waals surface area contributed by atoms with Crippen LogP contribution < -0.4 is 15.0 Å². The Balaban J connectivity index is 1.45. The Hall–Kier alpha value is -4.38. The molecule has 1 aliphatic rings. The van der Waals surface area contributed by atoms with Crippen LogP contribution in [0.5, 0.6) is 5.75 Å². The molecule has 0 bridgehead atoms. The summed E-state index contributed by atoms with van der Waals surface area (Å²) in [6.07, 6.45) is 0. The average molecular weight is 463 g/mol. The largest absolute Gasteiger partial charge is 0.482 e. The number of nitrogens with zero attached hydrogens (tertiary/aromatic N) is 1. The van der Waals surface area contributed by atoms with Crippen molar-refractivity contribution in [1.29, 1.82) is 0 Å². The van der Waals surface area contributed by atoms with Crippen molar-refractivity contribution in [3.05, 3.63) is 125 Å². The number of carbonyl (C=O) groups excluding carboxylic acids is 2. The monoisotopic (exact) mass is 462 g/mol. The van der Waals surface area contributed by atoms with E-state index in [1.165, 1.54) is 0 Å². The number of carbonyl (C=O) groups is 2. The molecule has 4 aromatic carbocycles. The minimum absolute atomic E-state index is 0.00528. The summed E-state index contributed by atoms with van der Waals surface area (Å²) in [7, 11) is 0. The molecular weight excluding hydrogens is 436 g/mol. The Morgan fingerprint density at radius 2 is 1.51 bits per heavy atom. The molecule has 5 nitrogen and oxygen atoms in total. The van der Waals surface area contributed by atoms with E-state index in [-0.39, 0.29) is 18.4 Å². The van der Waals surface area contributed by atoms with Crippen molar-refractivity contribution >= 4 is 23.2 Å². The van der Waals surface area contributed by atoms with E-state index >= 15 is 0 Å². The van der Waals surface area contributed by atoms with Gasteiger partial charge in [0.05, 0.1) is 18.2 Å². The Bertz CT molecular complexity index is 1310. The minimum Gasteiger partial charge on any atom is -0.482 e. The van der Waals surface area contributed by atoms with Crippen LogP contribution in [0.15, 0.2) is 103 Å². The summed E-state index contributed by atoms with van der Waals surface area (Å²) >= 11 is 0. The zero-order valence-corrected chi connectivity index (χ0v) is 19.5. The van der Waals surface area contributed by atoms with Crippen LogP contribution in [0.25, 0.3) is 0 Å². The van der Waals surface area contributed by atoms with E-state index in [0.29, 0.717) is 23.7 Å². The van der Waals surface area contributed by atoms with Crippen molar-refractivity contribution in [3.8, 4) is 5.75 Å². The van der Waals surface area contributed by atoms with Gasteiger partial charge in [0.1, 0.15) is 5.75 Å². The molecule has 5 rings (SSSR count). The number of ether oxygens (including phenoxy) is 1. The molecule has 0 spiro atoms. The van der Waals surface area contributed by atoms with Crippen molar-refractivity contribution < 1.29 is 14.3 Å². The molecule has 1 heterocycles. The van der Waals surface area contributed by atoms with Gasteiger partial charge in [-0.1, -0.05) is 84.9 Å². The number of aryl methyl sites for hydroxylation is 1. The van der Waals surface area contributed by atoms with Crippen LogP contribution in [0.2, 0.25) is 0 Å². The average Bonchev–Trinajstić information content (AvgIpc) is 2.88. The SMILES string of the molecule is Cc1ccccc1CN1C(=O)COc2ccc(NC(=O)C(c3ccccc3)c3ccccc3)cc21. The lowest BCUT2D eigenvalue weighted by Gasteiger charge is -2.30. The second-order valence-corrected chi connectivity index (χ2v) is 8.62. The van der Waals surface area contributed by atoms with Gasteiger partial charge in [0.2, 0.25) is 5.91 Å². The van der Waals surface area contributed by atoms with E-state index in [1.807, 2.05) is 110 Å². The second-order valence-electron chi connectivity index (χ2n) is 8.62. The van der Waals surface area contributed by atoms with Crippen LogP contribution in [-0.4, -0.2) is 18.4 Å². The maximum atomic E-state index is 13.5. The Morgan fingerprint density at radius 1 is 0.886 bits per heavy atom. The molecule has 0 aliphatic carbocycles. The molecule has 2 amide bonds. The molecule has 0 unspecified atom stereocenters. The molecule has 0 fully saturated rings. The Labute approximate surface area is 205 Å². The molecule has 1 aliphatic heterocycles. The first kappa shape index (κ1) is 22.4. The highest BCUT2D eigenvalue weighted by Gasteiger charge is 2.28. The summed E-state index contributed by atoms with van der Waals surface area (Å²) in [5.74, 6) is -0.0974. The second kappa shape index (κ2) is 9.85. The summed E-state index contributed by atoms with van der Waals surface area (Å²) in [5.41, 5.74) is 5.27. The van der Waals surface area contributed by atoms with E-state index in [1.54, 1.807) is 4.90 Å². The van der Waals surface area contributed by atoms with Crippen LogP contribution >= 0.6 is 0 Å². The minimum atomic E-state index is -0.464. The van der Waals surface area contributed by atoms with E-state index in [2.05, 4.69) is 5.32 Å². The number of benzene rings is 4. The van der Waals surface area contributed by atoms with Crippen LogP contribution in [0.1, 0.15) is 28.2 Å². The van der Waals surface area contributed by atoms with Crippen LogP contribution in [0, 0.1) is 6.92 Å². The molecule has 35 heavy (non-hydrogen) atoms. The number of anilines is 2. The van der Waals surface area contributed by atoms with Gasteiger partial charge in [-0.15, -0.1) is 0 Å². The van der Waals surface area contributed by atoms with Gasteiger partial charge >= 0.3 is 0 Å². The van der Waals surface area contributed by atoms with Crippen molar-refractivity contribution in [2.75, 3.05) is 16.8 Å². The van der Waals surface area contributed by atoms with Gasteiger partial charge in [-0.25, -0.2) is 0 Å². The van der Waals surface area contributed by atoms with Gasteiger partial charge in [-0.2, -0.15) is 0 Å². The first-order valence-corrected chi connectivity index (χ1v) is 11.6. The highest BCUT2D eigenvalue weighted by molar-refractivity contribution is 6.01. The van der Waals surface area contributed by atoms with Crippen LogP contribution in [-0.2, 0) is 16.1 Å². The number of fused-ring (bicyclic) bond motifs is 1. The normalized spacial score (nSPS) is 12.7. The number of amides is 2. The topological polar surface area (TPSA) is 58.6 Å². The fourth-order valence-corrected chi connectivity index (χ4v) is 4.41. The lowest BCUT2D eigenvalue weighted by atomic mass is 9.90. The highest BCUT2D eigenvalue weighted by atomic mass is 16.5. The van der Waals surface area contributed by atoms with Crippen molar-refractivity contribution in [3.63, 3.8) is 0 Å².